The first-order chi connectivity index (χ1) is 10.2. The van der Waals surface area contributed by atoms with Crippen molar-refractivity contribution in [1.82, 2.24) is 10.3 Å². The third kappa shape index (κ3) is 5.96. The van der Waals surface area contributed by atoms with Crippen molar-refractivity contribution in [2.45, 2.75) is 25.7 Å². The molecular formula is C17H19ClN2O. The van der Waals surface area contributed by atoms with Crippen LogP contribution in [0.2, 0.25) is 5.02 Å². The van der Waals surface area contributed by atoms with Crippen LogP contribution in [0.25, 0.3) is 0 Å². The van der Waals surface area contributed by atoms with Crippen LogP contribution in [-0.2, 0) is 17.6 Å². The zero-order chi connectivity index (χ0) is 14.9. The maximum Gasteiger partial charge on any atom is 0.224 e. The summed E-state index contributed by atoms with van der Waals surface area (Å²) in [4.78, 5) is 15.9. The second kappa shape index (κ2) is 8.42. The number of nitrogens with zero attached hydrogens (tertiary/aromatic N) is 1. The predicted molar refractivity (Wildman–Crippen MR) is 85.3 cm³/mol. The molecule has 0 aliphatic heterocycles. The highest BCUT2D eigenvalue weighted by molar-refractivity contribution is 6.30. The number of nitrogens with one attached hydrogen (secondary N) is 1. The molecule has 0 bridgehead atoms. The number of aromatic nitrogens is 1. The van der Waals surface area contributed by atoms with Crippen LogP contribution in [0.5, 0.6) is 0 Å². The average Bonchev–Trinajstić information content (AvgIpc) is 2.48. The van der Waals surface area contributed by atoms with Gasteiger partial charge in [-0.15, -0.1) is 0 Å². The lowest BCUT2D eigenvalue weighted by Crippen LogP contribution is -2.26. The van der Waals surface area contributed by atoms with Gasteiger partial charge >= 0.3 is 0 Å². The number of pyridine rings is 1. The molecule has 0 radical (unpaired) electrons. The molecule has 4 heteroatoms. The number of amides is 1. The molecule has 2 rings (SSSR count). The maximum absolute atomic E-state index is 11.8. The van der Waals surface area contributed by atoms with Crippen LogP contribution < -0.4 is 5.32 Å². The highest BCUT2D eigenvalue weighted by atomic mass is 35.5. The first-order valence-corrected chi connectivity index (χ1v) is 7.52. The molecule has 2 aromatic rings. The summed E-state index contributed by atoms with van der Waals surface area (Å²) in [5.74, 6) is 0.0404. The Bertz CT molecular complexity index is 572. The molecule has 1 amide bonds. The maximum atomic E-state index is 11.8. The van der Waals surface area contributed by atoms with E-state index in [-0.39, 0.29) is 5.91 Å². The van der Waals surface area contributed by atoms with Crippen molar-refractivity contribution in [3.05, 3.63) is 64.9 Å². The Kier molecular flexibility index (Phi) is 6.22. The summed E-state index contributed by atoms with van der Waals surface area (Å²) < 4.78 is 0. The topological polar surface area (TPSA) is 42.0 Å². The van der Waals surface area contributed by atoms with Crippen molar-refractivity contribution in [3.63, 3.8) is 0 Å². The van der Waals surface area contributed by atoms with E-state index >= 15 is 0 Å². The third-order valence-electron chi connectivity index (χ3n) is 3.19. The first kappa shape index (κ1) is 15.5. The second-order valence-corrected chi connectivity index (χ2v) is 5.41. The van der Waals surface area contributed by atoms with Crippen LogP contribution in [0.1, 0.15) is 24.0 Å². The van der Waals surface area contributed by atoms with E-state index in [2.05, 4.69) is 16.4 Å². The molecule has 1 aromatic heterocycles. The Hall–Kier alpha value is -1.87. The molecule has 0 saturated carbocycles. The molecule has 1 aromatic carbocycles. The molecule has 0 aliphatic carbocycles. The van der Waals surface area contributed by atoms with Gasteiger partial charge in [-0.1, -0.05) is 29.8 Å². The van der Waals surface area contributed by atoms with E-state index in [4.69, 9.17) is 11.6 Å². The standard InChI is InChI=1S/C17H19ClN2O/c18-16-8-3-6-15(11-16)12-17(21)20-10-2-1-5-14-7-4-9-19-13-14/h3-4,6-9,11,13H,1-2,5,10,12H2,(H,20,21). The number of aryl methyl sites for hydroxylation is 1. The summed E-state index contributed by atoms with van der Waals surface area (Å²) in [7, 11) is 0. The fourth-order valence-electron chi connectivity index (χ4n) is 2.12. The number of hydrogen-bond donors (Lipinski definition) is 1. The number of benzene rings is 1. The largest absolute Gasteiger partial charge is 0.356 e. The van der Waals surface area contributed by atoms with Gasteiger partial charge in [0.1, 0.15) is 0 Å². The van der Waals surface area contributed by atoms with E-state index in [0.29, 0.717) is 18.0 Å². The van der Waals surface area contributed by atoms with Crippen LogP contribution in [0.4, 0.5) is 0 Å². The van der Waals surface area contributed by atoms with Crippen LogP contribution in [0.3, 0.4) is 0 Å². The van der Waals surface area contributed by atoms with E-state index < -0.39 is 0 Å². The van der Waals surface area contributed by atoms with Crippen molar-refractivity contribution in [2.24, 2.45) is 0 Å². The minimum atomic E-state index is 0.0404. The van der Waals surface area contributed by atoms with Gasteiger partial charge in [0.15, 0.2) is 0 Å². The second-order valence-electron chi connectivity index (χ2n) is 4.98. The Labute approximate surface area is 130 Å². The predicted octanol–water partition coefficient (Wildman–Crippen LogP) is 3.42. The van der Waals surface area contributed by atoms with Crippen LogP contribution in [0, 0.1) is 0 Å². The van der Waals surface area contributed by atoms with Crippen molar-refractivity contribution in [3.8, 4) is 0 Å². The Balaban J connectivity index is 1.61. The lowest BCUT2D eigenvalue weighted by Gasteiger charge is -2.06. The zero-order valence-electron chi connectivity index (χ0n) is 11.9. The lowest BCUT2D eigenvalue weighted by molar-refractivity contribution is -0.120. The van der Waals surface area contributed by atoms with Crippen LogP contribution in [-0.4, -0.2) is 17.4 Å². The Morgan fingerprint density at radius 3 is 2.76 bits per heavy atom. The lowest BCUT2D eigenvalue weighted by atomic mass is 10.1. The van der Waals surface area contributed by atoms with Crippen molar-refractivity contribution in [2.75, 3.05) is 6.54 Å². The molecule has 1 heterocycles. The number of rotatable bonds is 7. The third-order valence-corrected chi connectivity index (χ3v) is 3.43. The zero-order valence-corrected chi connectivity index (χ0v) is 12.6. The molecule has 21 heavy (non-hydrogen) atoms. The summed E-state index contributed by atoms with van der Waals surface area (Å²) in [5, 5.41) is 3.60. The van der Waals surface area contributed by atoms with Crippen LogP contribution in [0.15, 0.2) is 48.8 Å². The molecule has 0 fully saturated rings. The summed E-state index contributed by atoms with van der Waals surface area (Å²) in [6, 6.07) is 11.4. The summed E-state index contributed by atoms with van der Waals surface area (Å²) in [6.45, 7) is 0.708. The van der Waals surface area contributed by atoms with E-state index in [1.54, 1.807) is 12.3 Å². The van der Waals surface area contributed by atoms with Gasteiger partial charge in [-0.05, 0) is 48.6 Å². The molecule has 1 N–H and O–H groups in total. The number of hydrogen-bond acceptors (Lipinski definition) is 2. The SMILES string of the molecule is O=C(Cc1cccc(Cl)c1)NCCCCc1cccnc1. The highest BCUT2D eigenvalue weighted by Gasteiger charge is 2.03. The van der Waals surface area contributed by atoms with E-state index in [1.807, 2.05) is 30.5 Å². The summed E-state index contributed by atoms with van der Waals surface area (Å²) >= 11 is 5.90. The normalized spacial score (nSPS) is 10.3. The van der Waals surface area contributed by atoms with Gasteiger partial charge in [0.05, 0.1) is 6.42 Å². The molecule has 0 aliphatic rings. The number of carbonyl (C=O) groups excluding carboxylic acids is 1. The molecule has 110 valence electrons. The van der Waals surface area contributed by atoms with Gasteiger partial charge in [0.2, 0.25) is 5.91 Å². The van der Waals surface area contributed by atoms with E-state index in [1.165, 1.54) is 5.56 Å². The van der Waals surface area contributed by atoms with E-state index in [0.717, 1.165) is 24.8 Å². The Morgan fingerprint density at radius 1 is 1.14 bits per heavy atom. The van der Waals surface area contributed by atoms with Crippen molar-refractivity contribution >= 4 is 17.5 Å². The first-order valence-electron chi connectivity index (χ1n) is 7.14. The smallest absolute Gasteiger partial charge is 0.224 e. The number of carbonyl (C=O) groups is 1. The van der Waals surface area contributed by atoms with Crippen molar-refractivity contribution < 1.29 is 4.79 Å². The number of halogens is 1. The fourth-order valence-corrected chi connectivity index (χ4v) is 2.34. The molecule has 3 nitrogen and oxygen atoms in total. The summed E-state index contributed by atoms with van der Waals surface area (Å²) in [6.07, 6.45) is 7.05. The van der Waals surface area contributed by atoms with Gasteiger partial charge < -0.3 is 5.32 Å². The van der Waals surface area contributed by atoms with Crippen molar-refractivity contribution in [1.29, 1.82) is 0 Å². The van der Waals surface area contributed by atoms with Gasteiger partial charge in [-0.3, -0.25) is 9.78 Å². The van der Waals surface area contributed by atoms with Gasteiger partial charge in [-0.25, -0.2) is 0 Å². The molecule has 0 saturated heterocycles. The minimum Gasteiger partial charge on any atom is -0.356 e. The average molecular weight is 303 g/mol. The fraction of sp³-hybridized carbons (Fsp3) is 0.294. The Morgan fingerprint density at radius 2 is 2.00 bits per heavy atom. The van der Waals surface area contributed by atoms with Crippen LogP contribution >= 0.6 is 11.6 Å². The highest BCUT2D eigenvalue weighted by Crippen LogP contribution is 2.11. The number of unbranched alkanes of at least 4 members (excludes halogenated alkanes) is 1. The van der Waals surface area contributed by atoms with Gasteiger partial charge in [-0.2, -0.15) is 0 Å². The quantitative estimate of drug-likeness (QED) is 0.796. The monoisotopic (exact) mass is 302 g/mol. The van der Waals surface area contributed by atoms with E-state index in [9.17, 15) is 4.79 Å². The minimum absolute atomic E-state index is 0.0404. The molecular weight excluding hydrogens is 284 g/mol. The molecule has 0 unspecified atom stereocenters. The van der Waals surface area contributed by atoms with Gasteiger partial charge in [0.25, 0.3) is 0 Å². The summed E-state index contributed by atoms with van der Waals surface area (Å²) in [5.41, 5.74) is 2.18. The molecule has 0 spiro atoms. The molecule has 0 atom stereocenters. The van der Waals surface area contributed by atoms with Gasteiger partial charge in [0, 0.05) is 24.0 Å².